The lowest BCUT2D eigenvalue weighted by molar-refractivity contribution is -0.137. The van der Waals surface area contributed by atoms with Crippen LogP contribution in [-0.4, -0.2) is 53.1 Å². The standard InChI is InChI=1S/C15H24N2O3S/c1-15-6-5-13(18)17(15)12(10-21-15)14(19)16-7-2-8-20-9-11-3-4-11/h11-12H,2-10H2,1H3,(H,16,19). The number of thioether (sulfide) groups is 1. The van der Waals surface area contributed by atoms with Crippen LogP contribution in [0.25, 0.3) is 0 Å². The van der Waals surface area contributed by atoms with Crippen LogP contribution in [0.1, 0.15) is 39.0 Å². The van der Waals surface area contributed by atoms with E-state index in [0.717, 1.165) is 25.4 Å². The Kier molecular flexibility index (Phi) is 4.45. The van der Waals surface area contributed by atoms with Gasteiger partial charge < -0.3 is 15.0 Å². The van der Waals surface area contributed by atoms with Gasteiger partial charge in [0.25, 0.3) is 0 Å². The summed E-state index contributed by atoms with van der Waals surface area (Å²) in [5.74, 6) is 1.61. The van der Waals surface area contributed by atoms with Crippen LogP contribution >= 0.6 is 11.8 Å². The van der Waals surface area contributed by atoms with Crippen LogP contribution in [0.3, 0.4) is 0 Å². The molecule has 0 bridgehead atoms. The third-order valence-electron chi connectivity index (χ3n) is 4.56. The largest absolute Gasteiger partial charge is 0.381 e. The molecule has 6 heteroatoms. The van der Waals surface area contributed by atoms with Crippen LogP contribution in [0.15, 0.2) is 0 Å². The second-order valence-electron chi connectivity index (χ2n) is 6.43. The van der Waals surface area contributed by atoms with E-state index in [1.54, 1.807) is 16.7 Å². The molecule has 2 unspecified atom stereocenters. The lowest BCUT2D eigenvalue weighted by Crippen LogP contribution is -2.50. The first-order chi connectivity index (χ1) is 10.1. The molecule has 0 aromatic rings. The van der Waals surface area contributed by atoms with Gasteiger partial charge in [0.05, 0.1) is 4.87 Å². The van der Waals surface area contributed by atoms with Gasteiger partial charge >= 0.3 is 0 Å². The van der Waals surface area contributed by atoms with Crippen LogP contribution in [0.2, 0.25) is 0 Å². The summed E-state index contributed by atoms with van der Waals surface area (Å²) in [5, 5.41) is 2.95. The maximum atomic E-state index is 12.3. The second kappa shape index (κ2) is 6.16. The summed E-state index contributed by atoms with van der Waals surface area (Å²) in [7, 11) is 0. The summed E-state index contributed by atoms with van der Waals surface area (Å²) in [6.45, 7) is 4.27. The van der Waals surface area contributed by atoms with Crippen LogP contribution in [-0.2, 0) is 14.3 Å². The van der Waals surface area contributed by atoms with Gasteiger partial charge in [-0.15, -0.1) is 11.8 Å². The highest BCUT2D eigenvalue weighted by molar-refractivity contribution is 8.01. The Bertz CT molecular complexity index is 427. The van der Waals surface area contributed by atoms with Crippen molar-refractivity contribution < 1.29 is 14.3 Å². The van der Waals surface area contributed by atoms with Gasteiger partial charge in [0.1, 0.15) is 6.04 Å². The molecule has 2 heterocycles. The molecule has 118 valence electrons. The lowest BCUT2D eigenvalue weighted by Gasteiger charge is -2.29. The number of nitrogens with one attached hydrogen (secondary N) is 1. The molecule has 0 radical (unpaired) electrons. The monoisotopic (exact) mass is 312 g/mol. The van der Waals surface area contributed by atoms with E-state index in [1.807, 2.05) is 0 Å². The topological polar surface area (TPSA) is 58.6 Å². The minimum atomic E-state index is -0.289. The van der Waals surface area contributed by atoms with E-state index in [1.165, 1.54) is 12.8 Å². The molecule has 0 aromatic carbocycles. The normalized spacial score (nSPS) is 31.6. The number of ether oxygens (including phenoxy) is 1. The van der Waals surface area contributed by atoms with Crippen molar-refractivity contribution in [2.45, 2.75) is 49.9 Å². The molecule has 2 atom stereocenters. The van der Waals surface area contributed by atoms with Gasteiger partial charge in [0.15, 0.2) is 0 Å². The third-order valence-corrected chi connectivity index (χ3v) is 6.07. The van der Waals surface area contributed by atoms with Crippen molar-refractivity contribution in [3.63, 3.8) is 0 Å². The number of hydrogen-bond acceptors (Lipinski definition) is 4. The maximum Gasteiger partial charge on any atom is 0.243 e. The zero-order valence-electron chi connectivity index (χ0n) is 12.6. The van der Waals surface area contributed by atoms with Gasteiger partial charge in [-0.05, 0) is 38.5 Å². The predicted molar refractivity (Wildman–Crippen MR) is 81.9 cm³/mol. The molecular weight excluding hydrogens is 288 g/mol. The van der Waals surface area contributed by atoms with Gasteiger partial charge in [-0.3, -0.25) is 9.59 Å². The number of amides is 2. The van der Waals surface area contributed by atoms with Crippen LogP contribution in [0, 0.1) is 5.92 Å². The van der Waals surface area contributed by atoms with Crippen LogP contribution < -0.4 is 5.32 Å². The van der Waals surface area contributed by atoms with Crippen molar-refractivity contribution in [1.82, 2.24) is 10.2 Å². The molecule has 2 saturated heterocycles. The minimum Gasteiger partial charge on any atom is -0.381 e. The summed E-state index contributed by atoms with van der Waals surface area (Å²) in [5.41, 5.74) is 0. The summed E-state index contributed by atoms with van der Waals surface area (Å²) in [6.07, 6.45) is 4.87. The summed E-state index contributed by atoms with van der Waals surface area (Å²) >= 11 is 1.73. The number of carbonyl (C=O) groups is 2. The number of nitrogens with zero attached hydrogens (tertiary/aromatic N) is 1. The first kappa shape index (κ1) is 15.2. The van der Waals surface area contributed by atoms with E-state index in [4.69, 9.17) is 4.74 Å². The minimum absolute atomic E-state index is 0.0105. The van der Waals surface area contributed by atoms with Gasteiger partial charge in [0.2, 0.25) is 11.8 Å². The lowest BCUT2D eigenvalue weighted by atomic mass is 10.2. The fourth-order valence-electron chi connectivity index (χ4n) is 3.05. The Morgan fingerprint density at radius 3 is 3.10 bits per heavy atom. The number of fused-ring (bicyclic) bond motifs is 1. The summed E-state index contributed by atoms with van der Waals surface area (Å²) in [6, 6.07) is -0.289. The molecule has 1 saturated carbocycles. The molecule has 21 heavy (non-hydrogen) atoms. The van der Waals surface area contributed by atoms with Crippen molar-refractivity contribution >= 4 is 23.6 Å². The average Bonchev–Trinajstić information content (AvgIpc) is 3.15. The molecule has 3 rings (SSSR count). The highest BCUT2D eigenvalue weighted by Gasteiger charge is 2.52. The van der Waals surface area contributed by atoms with E-state index in [0.29, 0.717) is 25.3 Å². The first-order valence-electron chi connectivity index (χ1n) is 7.92. The van der Waals surface area contributed by atoms with Crippen molar-refractivity contribution in [3.05, 3.63) is 0 Å². The fraction of sp³-hybridized carbons (Fsp3) is 0.867. The predicted octanol–water partition coefficient (Wildman–Crippen LogP) is 1.37. The van der Waals surface area contributed by atoms with Gasteiger partial charge in [-0.25, -0.2) is 0 Å². The van der Waals surface area contributed by atoms with E-state index < -0.39 is 0 Å². The van der Waals surface area contributed by atoms with Gasteiger partial charge in [0, 0.05) is 31.9 Å². The third kappa shape index (κ3) is 3.37. The molecule has 3 fully saturated rings. The Balaban J connectivity index is 1.38. The number of hydrogen-bond donors (Lipinski definition) is 1. The van der Waals surface area contributed by atoms with Gasteiger partial charge in [-0.2, -0.15) is 0 Å². The maximum absolute atomic E-state index is 12.3. The zero-order valence-corrected chi connectivity index (χ0v) is 13.4. The van der Waals surface area contributed by atoms with Crippen molar-refractivity contribution in [2.75, 3.05) is 25.5 Å². The molecule has 2 amide bonds. The number of rotatable bonds is 7. The first-order valence-corrected chi connectivity index (χ1v) is 8.90. The molecule has 5 nitrogen and oxygen atoms in total. The average molecular weight is 312 g/mol. The Labute approximate surface area is 130 Å². The molecule has 1 N–H and O–H groups in total. The summed E-state index contributed by atoms with van der Waals surface area (Å²) < 4.78 is 5.55. The Morgan fingerprint density at radius 1 is 1.52 bits per heavy atom. The molecule has 1 aliphatic carbocycles. The van der Waals surface area contributed by atoms with E-state index in [2.05, 4.69) is 12.2 Å². The zero-order chi connectivity index (χ0) is 14.9. The molecule has 3 aliphatic rings. The Morgan fingerprint density at radius 2 is 2.33 bits per heavy atom. The number of carbonyl (C=O) groups excluding carboxylic acids is 2. The van der Waals surface area contributed by atoms with Crippen molar-refractivity contribution in [2.24, 2.45) is 5.92 Å². The molecule has 0 spiro atoms. The highest BCUT2D eigenvalue weighted by Crippen LogP contribution is 2.47. The van der Waals surface area contributed by atoms with Crippen LogP contribution in [0.5, 0.6) is 0 Å². The van der Waals surface area contributed by atoms with E-state index in [-0.39, 0.29) is 22.7 Å². The molecule has 0 aromatic heterocycles. The molecular formula is C15H24N2O3S. The SMILES string of the molecule is CC12CCC(=O)N1C(C(=O)NCCCOCC1CC1)CS2. The highest BCUT2D eigenvalue weighted by atomic mass is 32.2. The summed E-state index contributed by atoms with van der Waals surface area (Å²) in [4.78, 5) is 25.9. The van der Waals surface area contributed by atoms with Crippen LogP contribution in [0.4, 0.5) is 0 Å². The fourth-order valence-corrected chi connectivity index (χ4v) is 4.48. The quantitative estimate of drug-likeness (QED) is 0.722. The van der Waals surface area contributed by atoms with E-state index >= 15 is 0 Å². The van der Waals surface area contributed by atoms with E-state index in [9.17, 15) is 9.59 Å². The Hall–Kier alpha value is -0.750. The van der Waals surface area contributed by atoms with Crippen molar-refractivity contribution in [1.29, 1.82) is 0 Å². The smallest absolute Gasteiger partial charge is 0.243 e. The molecule has 2 aliphatic heterocycles. The second-order valence-corrected chi connectivity index (χ2v) is 7.93. The van der Waals surface area contributed by atoms with Gasteiger partial charge in [-0.1, -0.05) is 0 Å². The van der Waals surface area contributed by atoms with Crippen molar-refractivity contribution in [3.8, 4) is 0 Å².